The number of ether oxygens (including phenoxy) is 3. The fraction of sp³-hybridized carbons (Fsp3) is 0.519. The molecule has 2 saturated carbocycles. The summed E-state index contributed by atoms with van der Waals surface area (Å²) >= 11 is 0. The number of fused-ring (bicyclic) bond motifs is 9. The lowest BCUT2D eigenvalue weighted by molar-refractivity contribution is -0.267. The van der Waals surface area contributed by atoms with Crippen LogP contribution in [-0.2, 0) is 26.1 Å². The van der Waals surface area contributed by atoms with Crippen LogP contribution in [0.3, 0.4) is 0 Å². The lowest BCUT2D eigenvalue weighted by Crippen LogP contribution is -2.74. The molecule has 3 aliphatic carbocycles. The van der Waals surface area contributed by atoms with Gasteiger partial charge >= 0.3 is 0 Å². The van der Waals surface area contributed by atoms with E-state index in [4.69, 9.17) is 14.2 Å². The molecule has 2 aromatic rings. The van der Waals surface area contributed by atoms with Crippen LogP contribution in [0.2, 0.25) is 0 Å². The molecule has 1 aromatic carbocycles. The number of aliphatic hydroxyl groups excluding tert-OH is 1. The van der Waals surface area contributed by atoms with Crippen LogP contribution >= 0.6 is 0 Å². The Morgan fingerprint density at radius 2 is 2.06 bits per heavy atom. The second kappa shape index (κ2) is 5.96. The summed E-state index contributed by atoms with van der Waals surface area (Å²) in [6, 6.07) is 6.03. The molecule has 0 unspecified atom stereocenters. The molecule has 2 bridgehead atoms. The Morgan fingerprint density at radius 3 is 2.82 bits per heavy atom. The molecule has 7 nitrogen and oxygen atoms in total. The van der Waals surface area contributed by atoms with Crippen LogP contribution in [0.5, 0.6) is 5.75 Å². The van der Waals surface area contributed by atoms with Gasteiger partial charge < -0.3 is 29.4 Å². The summed E-state index contributed by atoms with van der Waals surface area (Å²) in [6.07, 6.45) is 1.79. The number of carbonyl (C=O) groups is 1. The number of benzene rings is 1. The number of rotatable bonds is 1. The largest absolute Gasteiger partial charge is 0.497 e. The monoisotopic (exact) mass is 463 g/mol. The molecule has 5 aliphatic rings. The highest BCUT2D eigenvalue weighted by Gasteiger charge is 2.77. The standard InChI is InChI=1S/C27H29NO6/c1-13-22-19(29)12-20-26(33-13,34-22)8-7-24(2)25(3)14(10-21(30)27(20,24)31)9-17-16-11-15(32-4)5-6-18(16)28-23(17)25/h5-6,11-12,14,21-22,28,30-31H,1,7-10H2,2-4H3/t14-,21+,22-,24-,25-,26-,27+/m1/s1. The van der Waals surface area contributed by atoms with Gasteiger partial charge in [-0.25, -0.2) is 0 Å². The van der Waals surface area contributed by atoms with Crippen molar-refractivity contribution in [3.8, 4) is 5.75 Å². The molecule has 1 spiro atoms. The Balaban J connectivity index is 1.45. The summed E-state index contributed by atoms with van der Waals surface area (Å²) in [6.45, 7) is 8.13. The molecule has 34 heavy (non-hydrogen) atoms. The van der Waals surface area contributed by atoms with E-state index >= 15 is 0 Å². The van der Waals surface area contributed by atoms with Crippen molar-refractivity contribution in [2.24, 2.45) is 11.3 Å². The highest BCUT2D eigenvalue weighted by molar-refractivity contribution is 5.98. The Kier molecular flexibility index (Phi) is 3.63. The third-order valence-electron chi connectivity index (χ3n) is 10.1. The van der Waals surface area contributed by atoms with Gasteiger partial charge in [0.1, 0.15) is 17.1 Å². The van der Waals surface area contributed by atoms with E-state index in [1.54, 1.807) is 7.11 Å². The van der Waals surface area contributed by atoms with Crippen molar-refractivity contribution < 1.29 is 29.2 Å². The van der Waals surface area contributed by atoms with Gasteiger partial charge in [-0.2, -0.15) is 0 Å². The molecule has 3 N–H and O–H groups in total. The van der Waals surface area contributed by atoms with E-state index in [-0.39, 0.29) is 17.5 Å². The minimum absolute atomic E-state index is 0.131. The van der Waals surface area contributed by atoms with Gasteiger partial charge in [-0.05, 0) is 55.0 Å². The molecule has 2 aliphatic heterocycles. The molecule has 3 heterocycles. The number of aliphatic hydroxyl groups is 2. The van der Waals surface area contributed by atoms with Crippen molar-refractivity contribution >= 4 is 16.7 Å². The molecule has 3 fully saturated rings. The number of aromatic nitrogens is 1. The summed E-state index contributed by atoms with van der Waals surface area (Å²) in [5.74, 6) is -0.344. The highest BCUT2D eigenvalue weighted by Crippen LogP contribution is 2.71. The maximum atomic E-state index is 12.9. The fourth-order valence-corrected chi connectivity index (χ4v) is 8.11. The Labute approximate surface area is 197 Å². The van der Waals surface area contributed by atoms with Crippen molar-refractivity contribution in [1.82, 2.24) is 4.98 Å². The van der Waals surface area contributed by atoms with Crippen LogP contribution in [-0.4, -0.2) is 51.7 Å². The number of aromatic amines is 1. The van der Waals surface area contributed by atoms with Gasteiger partial charge in [-0.3, -0.25) is 4.79 Å². The van der Waals surface area contributed by atoms with E-state index in [1.165, 1.54) is 11.6 Å². The predicted molar refractivity (Wildman–Crippen MR) is 123 cm³/mol. The van der Waals surface area contributed by atoms with Crippen LogP contribution in [0.25, 0.3) is 10.9 Å². The second-order valence-corrected chi connectivity index (χ2v) is 11.1. The minimum atomic E-state index is -1.70. The number of nitrogens with one attached hydrogen (secondary N) is 1. The number of hydrogen-bond acceptors (Lipinski definition) is 6. The van der Waals surface area contributed by atoms with Crippen molar-refractivity contribution in [3.05, 3.63) is 53.4 Å². The smallest absolute Gasteiger partial charge is 0.237 e. The first-order chi connectivity index (χ1) is 16.1. The quantitative estimate of drug-likeness (QED) is 0.601. The van der Waals surface area contributed by atoms with Gasteiger partial charge in [0.2, 0.25) is 5.79 Å². The Morgan fingerprint density at radius 1 is 1.26 bits per heavy atom. The highest BCUT2D eigenvalue weighted by atomic mass is 16.8. The van der Waals surface area contributed by atoms with Gasteiger partial charge in [-0.15, -0.1) is 0 Å². The topological polar surface area (TPSA) is 101 Å². The van der Waals surface area contributed by atoms with Gasteiger partial charge in [0.15, 0.2) is 11.9 Å². The van der Waals surface area contributed by atoms with E-state index in [2.05, 4.69) is 31.5 Å². The number of methoxy groups -OCH3 is 1. The molecule has 0 amide bonds. The average Bonchev–Trinajstić information content (AvgIpc) is 3.41. The molecule has 7 atom stereocenters. The predicted octanol–water partition coefficient (Wildman–Crippen LogP) is 3.04. The molecule has 0 radical (unpaired) electrons. The molecule has 1 aromatic heterocycles. The van der Waals surface area contributed by atoms with Crippen molar-refractivity contribution in [2.75, 3.05) is 7.11 Å². The second-order valence-electron chi connectivity index (χ2n) is 11.1. The lowest BCUT2D eigenvalue weighted by atomic mass is 9.41. The fourth-order valence-electron chi connectivity index (χ4n) is 8.11. The molecule has 178 valence electrons. The van der Waals surface area contributed by atoms with Crippen LogP contribution in [0.4, 0.5) is 0 Å². The Hall–Kier alpha value is -2.61. The minimum Gasteiger partial charge on any atom is -0.497 e. The number of H-pyrrole nitrogens is 1. The van der Waals surface area contributed by atoms with E-state index in [0.717, 1.165) is 28.8 Å². The first kappa shape index (κ1) is 20.7. The molecule has 7 rings (SSSR count). The van der Waals surface area contributed by atoms with Crippen molar-refractivity contribution in [2.45, 2.75) is 68.5 Å². The van der Waals surface area contributed by atoms with E-state index in [9.17, 15) is 15.0 Å². The number of carbonyl (C=O) groups excluding carboxylic acids is 1. The third kappa shape index (κ3) is 1.98. The SMILES string of the molecule is C=C1O[C@@]23CC[C@]4(C)[C@@]5(C)c6[nH]c7ccc(OC)cc7c6C[C@@H]5C[C@H](O)[C@@]4(O)C2=CC(=O)[C@@H]1O3. The molecule has 7 heteroatoms. The maximum Gasteiger partial charge on any atom is 0.237 e. The zero-order valence-electron chi connectivity index (χ0n) is 19.6. The Bertz CT molecular complexity index is 1340. The first-order valence-electron chi connectivity index (χ1n) is 12.0. The van der Waals surface area contributed by atoms with Crippen molar-refractivity contribution in [1.29, 1.82) is 0 Å². The zero-order chi connectivity index (χ0) is 23.8. The van der Waals surface area contributed by atoms with Gasteiger partial charge in [0, 0.05) is 39.4 Å². The van der Waals surface area contributed by atoms with Crippen LogP contribution in [0, 0.1) is 11.3 Å². The molecular weight excluding hydrogens is 434 g/mol. The van der Waals surface area contributed by atoms with Crippen LogP contribution in [0.15, 0.2) is 42.2 Å². The molecular formula is C27H29NO6. The molecule has 1 saturated heterocycles. The normalized spacial score (nSPS) is 44.1. The lowest BCUT2D eigenvalue weighted by Gasteiger charge is -2.66. The number of ketones is 1. The van der Waals surface area contributed by atoms with E-state index in [0.29, 0.717) is 24.8 Å². The first-order valence-corrected chi connectivity index (χ1v) is 12.0. The van der Waals surface area contributed by atoms with E-state index < -0.39 is 34.4 Å². The van der Waals surface area contributed by atoms with Crippen LogP contribution < -0.4 is 4.74 Å². The maximum absolute atomic E-state index is 12.9. The van der Waals surface area contributed by atoms with Gasteiger partial charge in [0.25, 0.3) is 0 Å². The van der Waals surface area contributed by atoms with Gasteiger partial charge in [0.05, 0.1) is 13.2 Å². The summed E-state index contributed by atoms with van der Waals surface area (Å²) in [7, 11) is 1.66. The summed E-state index contributed by atoms with van der Waals surface area (Å²) in [5, 5.41) is 25.2. The van der Waals surface area contributed by atoms with Gasteiger partial charge in [-0.1, -0.05) is 20.4 Å². The van der Waals surface area contributed by atoms with E-state index in [1.807, 2.05) is 12.1 Å². The zero-order valence-corrected chi connectivity index (χ0v) is 19.6. The third-order valence-corrected chi connectivity index (χ3v) is 10.1. The summed E-state index contributed by atoms with van der Waals surface area (Å²) < 4.78 is 17.6. The summed E-state index contributed by atoms with van der Waals surface area (Å²) in [5.41, 5.74) is 0.743. The summed E-state index contributed by atoms with van der Waals surface area (Å²) in [4.78, 5) is 16.5. The van der Waals surface area contributed by atoms with Crippen molar-refractivity contribution in [3.63, 3.8) is 0 Å². The number of hydrogen-bond donors (Lipinski definition) is 3. The van der Waals surface area contributed by atoms with Crippen LogP contribution in [0.1, 0.15) is 44.4 Å². The average molecular weight is 464 g/mol.